The van der Waals surface area contributed by atoms with Crippen LogP contribution in [-0.2, 0) is 6.42 Å². The van der Waals surface area contributed by atoms with Crippen LogP contribution >= 0.6 is 0 Å². The fraction of sp³-hybridized carbons (Fsp3) is 0.562. The number of hydrogen-bond acceptors (Lipinski definition) is 3. The van der Waals surface area contributed by atoms with Crippen LogP contribution in [0.25, 0.3) is 0 Å². The quantitative estimate of drug-likeness (QED) is 0.893. The molecule has 1 aromatic rings. The summed E-state index contributed by atoms with van der Waals surface area (Å²) in [5, 5.41) is 3.33. The summed E-state index contributed by atoms with van der Waals surface area (Å²) in [7, 11) is 0. The van der Waals surface area contributed by atoms with Crippen molar-refractivity contribution >= 4 is 11.6 Å². The zero-order valence-electron chi connectivity index (χ0n) is 12.4. The van der Waals surface area contributed by atoms with Gasteiger partial charge in [-0.15, -0.1) is 0 Å². The smallest absolute Gasteiger partial charge is 0.253 e. The molecule has 0 spiro atoms. The van der Waals surface area contributed by atoms with Gasteiger partial charge in [-0.25, -0.2) is 0 Å². The van der Waals surface area contributed by atoms with Gasteiger partial charge in [0.15, 0.2) is 0 Å². The van der Waals surface area contributed by atoms with Crippen molar-refractivity contribution in [3.8, 4) is 0 Å². The van der Waals surface area contributed by atoms with Crippen LogP contribution < -0.4 is 5.32 Å². The van der Waals surface area contributed by atoms with E-state index in [0.717, 1.165) is 44.7 Å². The monoisotopic (exact) mass is 273 g/mol. The summed E-state index contributed by atoms with van der Waals surface area (Å²) in [6, 6.07) is 6.51. The molecule has 1 aromatic carbocycles. The number of hydrogen-bond donors (Lipinski definition) is 1. The number of rotatable bonds is 2. The maximum absolute atomic E-state index is 12.6. The van der Waals surface area contributed by atoms with E-state index in [2.05, 4.69) is 30.1 Å². The number of piperazine rings is 1. The van der Waals surface area contributed by atoms with Crippen molar-refractivity contribution in [2.45, 2.75) is 26.3 Å². The second kappa shape index (κ2) is 5.44. The Balaban J connectivity index is 1.73. The van der Waals surface area contributed by atoms with Gasteiger partial charge in [0.1, 0.15) is 0 Å². The average Bonchev–Trinajstić information content (AvgIpc) is 2.93. The van der Waals surface area contributed by atoms with Crippen molar-refractivity contribution in [1.82, 2.24) is 9.80 Å². The van der Waals surface area contributed by atoms with E-state index in [0.29, 0.717) is 6.04 Å². The van der Waals surface area contributed by atoms with Crippen LogP contribution in [0.4, 0.5) is 5.69 Å². The van der Waals surface area contributed by atoms with Crippen LogP contribution in [0.5, 0.6) is 0 Å². The minimum atomic E-state index is 0.183. The highest BCUT2D eigenvalue weighted by Crippen LogP contribution is 2.24. The average molecular weight is 273 g/mol. The number of likely N-dealkylation sites (N-methyl/N-ethyl adjacent to an activating group) is 1. The van der Waals surface area contributed by atoms with E-state index in [-0.39, 0.29) is 5.91 Å². The maximum Gasteiger partial charge on any atom is 0.253 e. The van der Waals surface area contributed by atoms with Crippen LogP contribution in [0.2, 0.25) is 0 Å². The standard InChI is InChI=1S/C16H23N3O/c1-3-18-8-9-19(11-12(18)2)16(20)14-4-5-15-13(10-14)6-7-17-15/h4-5,10,12,17H,3,6-9,11H2,1-2H3. The fourth-order valence-electron chi connectivity index (χ4n) is 3.27. The lowest BCUT2D eigenvalue weighted by Crippen LogP contribution is -2.53. The number of anilines is 1. The third kappa shape index (κ3) is 2.40. The van der Waals surface area contributed by atoms with Crippen LogP contribution in [0, 0.1) is 0 Å². The second-order valence-corrected chi connectivity index (χ2v) is 5.78. The summed E-state index contributed by atoms with van der Waals surface area (Å²) in [5.41, 5.74) is 3.30. The molecule has 1 saturated heterocycles. The lowest BCUT2D eigenvalue weighted by molar-refractivity contribution is 0.0528. The molecule has 1 amide bonds. The van der Waals surface area contributed by atoms with E-state index in [1.165, 1.54) is 11.3 Å². The Labute approximate surface area is 120 Å². The molecule has 2 heterocycles. The van der Waals surface area contributed by atoms with Gasteiger partial charge in [-0.2, -0.15) is 0 Å². The van der Waals surface area contributed by atoms with Gasteiger partial charge in [0.05, 0.1) is 0 Å². The lowest BCUT2D eigenvalue weighted by atomic mass is 10.1. The first-order valence-corrected chi connectivity index (χ1v) is 7.59. The molecular weight excluding hydrogens is 250 g/mol. The predicted octanol–water partition coefficient (Wildman–Crippen LogP) is 1.82. The number of benzene rings is 1. The zero-order valence-corrected chi connectivity index (χ0v) is 12.4. The van der Waals surface area contributed by atoms with Crippen molar-refractivity contribution in [1.29, 1.82) is 0 Å². The molecule has 4 heteroatoms. The molecular formula is C16H23N3O. The molecule has 2 aliphatic heterocycles. The molecule has 0 saturated carbocycles. The molecule has 0 radical (unpaired) electrons. The summed E-state index contributed by atoms with van der Waals surface area (Å²) in [4.78, 5) is 17.1. The van der Waals surface area contributed by atoms with Gasteiger partial charge >= 0.3 is 0 Å². The lowest BCUT2D eigenvalue weighted by Gasteiger charge is -2.39. The molecule has 1 fully saturated rings. The highest BCUT2D eigenvalue weighted by atomic mass is 16.2. The molecule has 0 aromatic heterocycles. The Morgan fingerprint density at radius 3 is 3.00 bits per heavy atom. The number of carbonyl (C=O) groups is 1. The molecule has 0 aliphatic carbocycles. The van der Waals surface area contributed by atoms with Gasteiger partial charge in [0.25, 0.3) is 5.91 Å². The third-order valence-electron chi connectivity index (χ3n) is 4.52. The van der Waals surface area contributed by atoms with Crippen molar-refractivity contribution < 1.29 is 4.79 Å². The highest BCUT2D eigenvalue weighted by molar-refractivity contribution is 5.95. The molecule has 20 heavy (non-hydrogen) atoms. The molecule has 1 atom stereocenters. The normalized spacial score (nSPS) is 22.5. The molecule has 1 N–H and O–H groups in total. The Kier molecular flexibility index (Phi) is 3.66. The van der Waals surface area contributed by atoms with Crippen LogP contribution in [0.15, 0.2) is 18.2 Å². The number of fused-ring (bicyclic) bond motifs is 1. The Hall–Kier alpha value is -1.55. The minimum Gasteiger partial charge on any atom is -0.384 e. The van der Waals surface area contributed by atoms with Gasteiger partial charge in [-0.1, -0.05) is 6.92 Å². The Morgan fingerprint density at radius 1 is 1.40 bits per heavy atom. The molecule has 4 nitrogen and oxygen atoms in total. The summed E-state index contributed by atoms with van der Waals surface area (Å²) in [5.74, 6) is 0.183. The van der Waals surface area contributed by atoms with E-state index in [4.69, 9.17) is 0 Å². The SMILES string of the molecule is CCN1CCN(C(=O)c2ccc3c(c2)CCN3)CC1C. The Morgan fingerprint density at radius 2 is 2.25 bits per heavy atom. The van der Waals surface area contributed by atoms with Gasteiger partial charge in [-0.3, -0.25) is 9.69 Å². The predicted molar refractivity (Wildman–Crippen MR) is 81.2 cm³/mol. The summed E-state index contributed by atoms with van der Waals surface area (Å²) >= 11 is 0. The summed E-state index contributed by atoms with van der Waals surface area (Å²) < 4.78 is 0. The van der Waals surface area contributed by atoms with Crippen LogP contribution in [0.1, 0.15) is 29.8 Å². The van der Waals surface area contributed by atoms with E-state index in [1.54, 1.807) is 0 Å². The minimum absolute atomic E-state index is 0.183. The van der Waals surface area contributed by atoms with Crippen molar-refractivity contribution in [2.75, 3.05) is 38.0 Å². The van der Waals surface area contributed by atoms with E-state index in [9.17, 15) is 4.79 Å². The molecule has 2 aliphatic rings. The van der Waals surface area contributed by atoms with Crippen molar-refractivity contribution in [2.24, 2.45) is 0 Å². The topological polar surface area (TPSA) is 35.6 Å². The van der Waals surface area contributed by atoms with E-state index in [1.807, 2.05) is 17.0 Å². The first kappa shape index (κ1) is 13.4. The summed E-state index contributed by atoms with van der Waals surface area (Å²) in [6.07, 6.45) is 1.02. The zero-order chi connectivity index (χ0) is 14.1. The fourth-order valence-corrected chi connectivity index (χ4v) is 3.27. The number of amides is 1. The maximum atomic E-state index is 12.6. The largest absolute Gasteiger partial charge is 0.384 e. The first-order valence-electron chi connectivity index (χ1n) is 7.59. The van der Waals surface area contributed by atoms with Crippen LogP contribution in [0.3, 0.4) is 0 Å². The van der Waals surface area contributed by atoms with E-state index >= 15 is 0 Å². The molecule has 0 bridgehead atoms. The van der Waals surface area contributed by atoms with Gasteiger partial charge in [0.2, 0.25) is 0 Å². The number of nitrogens with one attached hydrogen (secondary N) is 1. The first-order chi connectivity index (χ1) is 9.69. The second-order valence-electron chi connectivity index (χ2n) is 5.78. The third-order valence-corrected chi connectivity index (χ3v) is 4.52. The van der Waals surface area contributed by atoms with Crippen molar-refractivity contribution in [3.63, 3.8) is 0 Å². The molecule has 1 unspecified atom stereocenters. The molecule has 108 valence electrons. The number of carbonyl (C=O) groups excluding carboxylic acids is 1. The van der Waals surface area contributed by atoms with E-state index < -0.39 is 0 Å². The van der Waals surface area contributed by atoms with Crippen LogP contribution in [-0.4, -0.2) is 54.5 Å². The molecule has 3 rings (SSSR count). The summed E-state index contributed by atoms with van der Waals surface area (Å²) in [6.45, 7) is 9.09. The number of nitrogens with zero attached hydrogens (tertiary/aromatic N) is 2. The van der Waals surface area contributed by atoms with Gasteiger partial charge in [0, 0.05) is 43.5 Å². The van der Waals surface area contributed by atoms with Crippen molar-refractivity contribution in [3.05, 3.63) is 29.3 Å². The van der Waals surface area contributed by atoms with Gasteiger partial charge in [-0.05, 0) is 43.7 Å². The highest BCUT2D eigenvalue weighted by Gasteiger charge is 2.26. The Bertz CT molecular complexity index is 514. The van der Waals surface area contributed by atoms with Gasteiger partial charge < -0.3 is 10.2 Å².